The Morgan fingerprint density at radius 1 is 0.167 bits per heavy atom. The normalized spacial score (nSPS) is 10.8. The number of nitrogens with zero attached hydrogens (tertiary/aromatic N) is 22. The van der Waals surface area contributed by atoms with Gasteiger partial charge in [0, 0.05) is 107 Å². The molecule has 132 heavy (non-hydrogen) atoms. The van der Waals surface area contributed by atoms with Crippen LogP contribution in [0.25, 0.3) is 190 Å². The van der Waals surface area contributed by atoms with Gasteiger partial charge in [-0.05, 0) is 181 Å². The van der Waals surface area contributed by atoms with Gasteiger partial charge in [0.15, 0.2) is 34.9 Å². The molecule has 12 heterocycles. The van der Waals surface area contributed by atoms with Crippen LogP contribution in [0.3, 0.4) is 0 Å². The van der Waals surface area contributed by atoms with Crippen molar-refractivity contribution in [2.75, 3.05) is 0 Å². The van der Waals surface area contributed by atoms with Gasteiger partial charge in [-0.2, -0.15) is 0 Å². The van der Waals surface area contributed by atoms with E-state index in [1.807, 2.05) is 210 Å². The molecule has 22 heteroatoms. The first kappa shape index (κ1) is 84.9. The van der Waals surface area contributed by atoms with E-state index in [9.17, 15) is 0 Å². The Morgan fingerprint density at radius 2 is 0.508 bits per heavy atom. The van der Waals surface area contributed by atoms with E-state index in [4.69, 9.17) is 4.98 Å². The van der Waals surface area contributed by atoms with E-state index in [1.54, 1.807) is 86.4 Å². The predicted octanol–water partition coefficient (Wildman–Crippen LogP) is 23.9. The van der Waals surface area contributed by atoms with Gasteiger partial charge in [-0.3, -0.25) is 39.9 Å². The largest absolute Gasteiger partial charge is 0.256 e. The Kier molecular flexibility index (Phi) is 25.8. The van der Waals surface area contributed by atoms with Gasteiger partial charge in [-0.15, -0.1) is 0 Å². The zero-order valence-corrected chi connectivity index (χ0v) is 72.8. The second-order valence-electron chi connectivity index (χ2n) is 30.6. The van der Waals surface area contributed by atoms with Crippen molar-refractivity contribution in [3.8, 4) is 125 Å². The number of aromatic nitrogens is 22. The first-order chi connectivity index (χ1) is 64.9. The molecule has 23 rings (SSSR count). The van der Waals surface area contributed by atoms with Crippen LogP contribution >= 0.6 is 0 Å². The molecule has 0 bridgehead atoms. The highest BCUT2D eigenvalue weighted by molar-refractivity contribution is 6.25. The maximum Gasteiger partial charge on any atom is 0.178 e. The molecule has 12 aromatic heterocycles. The van der Waals surface area contributed by atoms with Crippen LogP contribution in [-0.4, -0.2) is 110 Å². The van der Waals surface area contributed by atoms with Crippen molar-refractivity contribution < 1.29 is 0 Å². The second-order valence-corrected chi connectivity index (χ2v) is 30.6. The molecular formula is C110H82N22. The third-order valence-corrected chi connectivity index (χ3v) is 21.2. The minimum Gasteiger partial charge on any atom is -0.256 e. The molecule has 0 fully saturated rings. The van der Waals surface area contributed by atoms with Crippen molar-refractivity contribution in [1.82, 2.24) is 110 Å². The van der Waals surface area contributed by atoms with Crippen LogP contribution in [0.1, 0.15) is 34.3 Å². The van der Waals surface area contributed by atoms with Crippen molar-refractivity contribution in [3.05, 3.63) is 424 Å². The fourth-order valence-electron chi connectivity index (χ4n) is 15.3. The molecule has 0 unspecified atom stereocenters. The number of benzene rings is 11. The van der Waals surface area contributed by atoms with E-state index >= 15 is 0 Å². The van der Waals surface area contributed by atoms with Crippen LogP contribution in [0, 0.1) is 41.5 Å². The van der Waals surface area contributed by atoms with Gasteiger partial charge in [0.05, 0.1) is 34.0 Å². The Hall–Kier alpha value is -17.9. The van der Waals surface area contributed by atoms with Crippen LogP contribution < -0.4 is 0 Å². The number of rotatable bonds is 11. The van der Waals surface area contributed by atoms with Gasteiger partial charge in [-0.1, -0.05) is 237 Å². The fraction of sp³-hybridized carbons (Fsp3) is 0.0545. The average Bonchev–Trinajstić information content (AvgIpc) is 0.745. The van der Waals surface area contributed by atoms with Crippen LogP contribution in [0.15, 0.2) is 390 Å². The van der Waals surface area contributed by atoms with Crippen LogP contribution in [0.4, 0.5) is 0 Å². The van der Waals surface area contributed by atoms with E-state index in [1.165, 1.54) is 49.2 Å². The molecule has 0 radical (unpaired) electrons. The van der Waals surface area contributed by atoms with Crippen molar-refractivity contribution in [1.29, 1.82) is 0 Å². The summed E-state index contributed by atoms with van der Waals surface area (Å²) in [5, 5.41) is 6.39. The molecule has 0 aliphatic rings. The summed E-state index contributed by atoms with van der Waals surface area (Å²) in [7, 11) is 0. The Labute approximate surface area is 760 Å². The average molecular weight is 1710 g/mol. The zero-order chi connectivity index (χ0) is 89.9. The first-order valence-electron chi connectivity index (χ1n) is 42.7. The van der Waals surface area contributed by atoms with E-state index in [-0.39, 0.29) is 0 Å². The topological polar surface area (TPSA) is 284 Å². The highest BCUT2D eigenvalue weighted by Crippen LogP contribution is 2.37. The molecule has 632 valence electrons. The summed E-state index contributed by atoms with van der Waals surface area (Å²) >= 11 is 0. The molecule has 11 aromatic carbocycles. The van der Waals surface area contributed by atoms with E-state index in [0.29, 0.717) is 91.4 Å². The van der Waals surface area contributed by atoms with E-state index in [0.717, 1.165) is 84.0 Å². The third-order valence-electron chi connectivity index (χ3n) is 21.2. The lowest BCUT2D eigenvalue weighted by atomic mass is 9.95. The molecule has 0 aliphatic carbocycles. The van der Waals surface area contributed by atoms with Crippen LogP contribution in [0.5, 0.6) is 0 Å². The molecular weight excluding hydrogens is 1630 g/mol. The monoisotopic (exact) mass is 1710 g/mol. The molecule has 0 N–H and O–H groups in total. The molecule has 22 nitrogen and oxygen atoms in total. The quantitative estimate of drug-likeness (QED) is 0.109. The summed E-state index contributed by atoms with van der Waals surface area (Å²) in [5.41, 5.74) is 24.4. The highest BCUT2D eigenvalue weighted by Gasteiger charge is 2.19. The molecule has 23 aromatic rings. The van der Waals surface area contributed by atoms with Gasteiger partial charge in [-0.25, -0.2) is 69.8 Å². The molecule has 0 saturated heterocycles. The third kappa shape index (κ3) is 20.0. The fourth-order valence-corrected chi connectivity index (χ4v) is 15.3. The zero-order valence-electron chi connectivity index (χ0n) is 72.8. The van der Waals surface area contributed by atoms with Gasteiger partial charge in [0.25, 0.3) is 0 Å². The maximum atomic E-state index is 4.82. The van der Waals surface area contributed by atoms with Gasteiger partial charge < -0.3 is 0 Å². The minimum atomic E-state index is 0.560. The van der Waals surface area contributed by atoms with E-state index in [2.05, 4.69) is 240 Å². The first-order valence-corrected chi connectivity index (χ1v) is 42.7. The lowest BCUT2D eigenvalue weighted by molar-refractivity contribution is 0.991. The van der Waals surface area contributed by atoms with Crippen LogP contribution in [0.2, 0.25) is 0 Å². The summed E-state index contributed by atoms with van der Waals surface area (Å²) in [6.07, 6.45) is 20.4. The predicted molar refractivity (Wildman–Crippen MR) is 523 cm³/mol. The SMILES string of the molecule is Cc1cc(-c2ccccn2)nc(-c2ccccn2)c1.Cc1cccc2c3ccccc3c3cccnc3c12.Cc1cnc2c3nccnc3c3nccnc3c2n1.Cc1nc(-c2cccc(-c3ccccc3)c2)nc(-c2cccc(-c3ccccc3)c2)n1.Cc1nc(-c2ccccc2)nc(-c2cccc(-c3ccccc3)c2)n1.Cc1nc(-c2ncccn2)cc(-c2ncccn2)n1. The standard InChI is InChI=1S/C28H21N3.C22H17N3.C18H13N.C16H13N3.C13H8N6.C13H10N6/c1-20-29-27(25-16-8-14-23(18-25)21-10-4-2-5-11-21)31-28(30-20)26-17-9-15-24(19-26)22-12-6-3-7-13-22;1-16-23-21(18-11-6-3-7-12-18)25-22(24-16)20-14-8-13-19(15-20)17-9-4-2-5-10-17;1-12-6-4-9-15-13-7-2-3-8-14(13)16-10-5-11-19-18(16)17(12)15;1-12-10-15(13-6-2-4-8-17-13)19-16(11-12)14-7-3-5-9-18-14;1-7-6-18-12-10-8(14-2-3-16-10)9-11(13(12)19-7)17-5-4-15-9;1-9-18-10(12-14-4-2-5-15-12)8-11(19-9)13-16-6-3-7-17-13/h2-19H,1H3;2-15H,1H3;2*2-11H,1H3;2-6H,1H3;2-8H,1H3. The van der Waals surface area contributed by atoms with Crippen molar-refractivity contribution in [2.45, 2.75) is 41.5 Å². The summed E-state index contributed by atoms with van der Waals surface area (Å²) in [4.78, 5) is 97.5. The number of fused-ring (bicyclic) bond motifs is 12. The number of hydrogen-bond donors (Lipinski definition) is 0. The summed E-state index contributed by atoms with van der Waals surface area (Å²) < 4.78 is 0. The van der Waals surface area contributed by atoms with E-state index < -0.39 is 0 Å². The lowest BCUT2D eigenvalue weighted by Crippen LogP contribution is -1.99. The van der Waals surface area contributed by atoms with Crippen molar-refractivity contribution in [3.63, 3.8) is 0 Å². The molecule has 0 atom stereocenters. The molecule has 0 spiro atoms. The van der Waals surface area contributed by atoms with Crippen molar-refractivity contribution >= 4 is 65.5 Å². The Bertz CT molecular complexity index is 7480. The second kappa shape index (κ2) is 40.2. The number of pyridine rings is 4. The number of hydrogen-bond acceptors (Lipinski definition) is 22. The highest BCUT2D eigenvalue weighted by atomic mass is 15.0. The molecule has 0 saturated carbocycles. The number of aryl methyl sites for hydroxylation is 6. The Balaban J connectivity index is 0.000000107. The lowest BCUT2D eigenvalue weighted by Gasteiger charge is -2.10. The summed E-state index contributed by atoms with van der Waals surface area (Å²) in [5.74, 6) is 5.94. The maximum absolute atomic E-state index is 4.82. The molecule has 0 aliphatic heterocycles. The Morgan fingerprint density at radius 3 is 0.955 bits per heavy atom. The van der Waals surface area contributed by atoms with Crippen LogP contribution in [-0.2, 0) is 0 Å². The summed E-state index contributed by atoms with van der Waals surface area (Å²) in [6.45, 7) is 11.7. The van der Waals surface area contributed by atoms with Crippen molar-refractivity contribution in [2.24, 2.45) is 0 Å². The van der Waals surface area contributed by atoms with Gasteiger partial charge in [0.1, 0.15) is 62.0 Å². The minimum absolute atomic E-state index is 0.560. The van der Waals surface area contributed by atoms with Gasteiger partial charge >= 0.3 is 0 Å². The smallest absolute Gasteiger partial charge is 0.178 e. The molecule has 0 amide bonds. The van der Waals surface area contributed by atoms with Gasteiger partial charge in [0.2, 0.25) is 0 Å². The summed E-state index contributed by atoms with van der Waals surface area (Å²) in [6, 6.07) is 106.